The van der Waals surface area contributed by atoms with Crippen molar-refractivity contribution in [1.82, 2.24) is 9.88 Å². The fourth-order valence-corrected chi connectivity index (χ4v) is 2.28. The Hall–Kier alpha value is -0.520. The Morgan fingerprint density at radius 3 is 2.76 bits per heavy atom. The van der Waals surface area contributed by atoms with Gasteiger partial charge in [0.2, 0.25) is 0 Å². The van der Waals surface area contributed by atoms with Gasteiger partial charge in [0.15, 0.2) is 0 Å². The van der Waals surface area contributed by atoms with Crippen LogP contribution in [-0.4, -0.2) is 23.8 Å². The maximum Gasteiger partial charge on any atom is 0.254 e. The first-order valence-corrected chi connectivity index (χ1v) is 6.19. The van der Waals surface area contributed by atoms with Crippen LogP contribution in [0.4, 0.5) is 0 Å². The molecule has 0 atom stereocenters. The first kappa shape index (κ1) is 14.5. The number of nitrogens with zero attached hydrogens (tertiary/aromatic N) is 1. The Bertz CT molecular complexity index is 430. The van der Waals surface area contributed by atoms with Crippen molar-refractivity contribution in [3.05, 3.63) is 27.1 Å². The second kappa shape index (κ2) is 6.42. The number of nitrogens with one attached hydrogen (secondary N) is 1. The van der Waals surface area contributed by atoms with Crippen molar-refractivity contribution < 1.29 is 4.74 Å². The minimum absolute atomic E-state index is 0. The van der Waals surface area contributed by atoms with Gasteiger partial charge in [0.05, 0.1) is 4.47 Å². The summed E-state index contributed by atoms with van der Waals surface area (Å²) >= 11 is 3.41. The van der Waals surface area contributed by atoms with Crippen molar-refractivity contribution >= 4 is 28.3 Å². The van der Waals surface area contributed by atoms with Gasteiger partial charge in [-0.3, -0.25) is 4.79 Å². The van der Waals surface area contributed by atoms with Crippen LogP contribution in [0.1, 0.15) is 12.8 Å². The van der Waals surface area contributed by atoms with Crippen LogP contribution in [-0.2, 0) is 7.05 Å². The maximum atomic E-state index is 11.5. The number of pyridine rings is 1. The van der Waals surface area contributed by atoms with E-state index in [1.54, 1.807) is 13.2 Å². The molecule has 1 N–H and O–H groups in total. The summed E-state index contributed by atoms with van der Waals surface area (Å²) in [5.41, 5.74) is -0.0489. The van der Waals surface area contributed by atoms with Crippen molar-refractivity contribution in [1.29, 1.82) is 0 Å². The van der Waals surface area contributed by atoms with Crippen LogP contribution < -0.4 is 15.6 Å². The SMILES string of the molecule is Cl.Cn1cc(Br)c(OC2CCNCC2)cc1=O. The lowest BCUT2D eigenvalue weighted by molar-refractivity contribution is 0.161. The standard InChI is InChI=1S/C11H15BrN2O2.ClH/c1-14-7-9(12)10(6-11(14)15)16-8-2-4-13-5-3-8;/h6-8,13H,2-5H2,1H3;1H. The zero-order chi connectivity index (χ0) is 11.5. The highest BCUT2D eigenvalue weighted by Gasteiger charge is 2.16. The average molecular weight is 324 g/mol. The van der Waals surface area contributed by atoms with Gasteiger partial charge in [0.25, 0.3) is 5.56 Å². The number of ether oxygens (including phenoxy) is 1. The van der Waals surface area contributed by atoms with Gasteiger partial charge in [-0.25, -0.2) is 0 Å². The topological polar surface area (TPSA) is 43.3 Å². The molecule has 1 fully saturated rings. The summed E-state index contributed by atoms with van der Waals surface area (Å²) in [4.78, 5) is 11.5. The largest absolute Gasteiger partial charge is 0.489 e. The van der Waals surface area contributed by atoms with Crippen molar-refractivity contribution in [2.45, 2.75) is 18.9 Å². The molecule has 4 nitrogen and oxygen atoms in total. The van der Waals surface area contributed by atoms with Crippen molar-refractivity contribution in [2.24, 2.45) is 7.05 Å². The van der Waals surface area contributed by atoms with Crippen LogP contribution in [0.3, 0.4) is 0 Å². The summed E-state index contributed by atoms with van der Waals surface area (Å²) in [7, 11) is 1.72. The second-order valence-electron chi connectivity index (χ2n) is 4.00. The third-order valence-electron chi connectivity index (χ3n) is 2.72. The van der Waals surface area contributed by atoms with Crippen LogP contribution in [0, 0.1) is 0 Å². The molecule has 1 saturated heterocycles. The Labute approximate surface area is 115 Å². The fourth-order valence-electron chi connectivity index (χ4n) is 1.76. The molecular formula is C11H16BrClN2O2. The molecule has 6 heteroatoms. The minimum Gasteiger partial charge on any atom is -0.489 e. The predicted molar refractivity (Wildman–Crippen MR) is 73.2 cm³/mol. The van der Waals surface area contributed by atoms with E-state index < -0.39 is 0 Å². The molecule has 96 valence electrons. The summed E-state index contributed by atoms with van der Waals surface area (Å²) in [6.45, 7) is 1.96. The summed E-state index contributed by atoms with van der Waals surface area (Å²) < 4.78 is 8.18. The number of piperidine rings is 1. The third kappa shape index (κ3) is 3.72. The fraction of sp³-hybridized carbons (Fsp3) is 0.545. The van der Waals surface area contributed by atoms with Gasteiger partial charge in [-0.1, -0.05) is 0 Å². The zero-order valence-electron chi connectivity index (χ0n) is 9.61. The smallest absolute Gasteiger partial charge is 0.254 e. The molecule has 0 bridgehead atoms. The molecular weight excluding hydrogens is 307 g/mol. The highest BCUT2D eigenvalue weighted by Crippen LogP contribution is 2.24. The molecule has 17 heavy (non-hydrogen) atoms. The molecule has 0 spiro atoms. The summed E-state index contributed by atoms with van der Waals surface area (Å²) in [6.07, 6.45) is 3.92. The number of hydrogen-bond acceptors (Lipinski definition) is 3. The average Bonchev–Trinajstić information content (AvgIpc) is 2.27. The van der Waals surface area contributed by atoms with Crippen molar-refractivity contribution in [2.75, 3.05) is 13.1 Å². The summed E-state index contributed by atoms with van der Waals surface area (Å²) in [6, 6.07) is 1.53. The van der Waals surface area contributed by atoms with Gasteiger partial charge >= 0.3 is 0 Å². The quantitative estimate of drug-likeness (QED) is 0.901. The zero-order valence-corrected chi connectivity index (χ0v) is 12.0. The van der Waals surface area contributed by atoms with E-state index in [1.165, 1.54) is 10.6 Å². The lowest BCUT2D eigenvalue weighted by atomic mass is 10.1. The van der Waals surface area contributed by atoms with Gasteiger partial charge in [-0.05, 0) is 41.9 Å². The lowest BCUT2D eigenvalue weighted by Crippen LogP contribution is -2.34. The Balaban J connectivity index is 0.00000144. The highest BCUT2D eigenvalue weighted by molar-refractivity contribution is 9.10. The van der Waals surface area contributed by atoms with Crippen LogP contribution in [0.5, 0.6) is 5.75 Å². The number of rotatable bonds is 2. The molecule has 0 saturated carbocycles. The highest BCUT2D eigenvalue weighted by atomic mass is 79.9. The molecule has 2 rings (SSSR count). The van der Waals surface area contributed by atoms with Gasteiger partial charge in [-0.2, -0.15) is 0 Å². The molecule has 0 radical (unpaired) electrons. The minimum atomic E-state index is -0.0489. The Morgan fingerprint density at radius 2 is 2.12 bits per heavy atom. The number of aromatic nitrogens is 1. The van der Waals surface area contributed by atoms with E-state index in [9.17, 15) is 4.79 Å². The van der Waals surface area contributed by atoms with Crippen molar-refractivity contribution in [3.8, 4) is 5.75 Å². The number of halogens is 2. The Morgan fingerprint density at radius 1 is 1.47 bits per heavy atom. The first-order valence-electron chi connectivity index (χ1n) is 5.40. The second-order valence-corrected chi connectivity index (χ2v) is 4.86. The number of aryl methyl sites for hydroxylation is 1. The van der Waals surface area contributed by atoms with Gasteiger partial charge in [0, 0.05) is 19.3 Å². The van der Waals surface area contributed by atoms with E-state index >= 15 is 0 Å². The van der Waals surface area contributed by atoms with Crippen LogP contribution in [0.15, 0.2) is 21.5 Å². The maximum absolute atomic E-state index is 11.5. The molecule has 1 aromatic heterocycles. The monoisotopic (exact) mass is 322 g/mol. The van der Waals surface area contributed by atoms with E-state index in [2.05, 4.69) is 21.2 Å². The molecule has 0 aliphatic carbocycles. The normalized spacial score (nSPS) is 16.4. The van der Waals surface area contributed by atoms with E-state index in [0.29, 0.717) is 5.75 Å². The van der Waals surface area contributed by atoms with Gasteiger partial charge in [-0.15, -0.1) is 12.4 Å². The van der Waals surface area contributed by atoms with Gasteiger partial charge in [0.1, 0.15) is 11.9 Å². The van der Waals surface area contributed by atoms with Gasteiger partial charge < -0.3 is 14.6 Å². The number of hydrogen-bond donors (Lipinski definition) is 1. The van der Waals surface area contributed by atoms with Crippen LogP contribution >= 0.6 is 28.3 Å². The summed E-state index contributed by atoms with van der Waals surface area (Å²) in [5, 5.41) is 3.28. The molecule has 1 aliphatic rings. The molecule has 0 unspecified atom stereocenters. The Kier molecular flexibility index (Phi) is 5.49. The van der Waals surface area contributed by atoms with E-state index in [1.807, 2.05) is 0 Å². The van der Waals surface area contributed by atoms with E-state index in [0.717, 1.165) is 30.4 Å². The first-order chi connectivity index (χ1) is 7.66. The predicted octanol–water partition coefficient (Wildman–Crippen LogP) is 1.70. The third-order valence-corrected chi connectivity index (χ3v) is 3.32. The summed E-state index contributed by atoms with van der Waals surface area (Å²) in [5.74, 6) is 0.648. The van der Waals surface area contributed by atoms with Crippen LogP contribution in [0.2, 0.25) is 0 Å². The van der Waals surface area contributed by atoms with Crippen LogP contribution in [0.25, 0.3) is 0 Å². The lowest BCUT2D eigenvalue weighted by Gasteiger charge is -2.24. The van der Waals surface area contributed by atoms with Crippen molar-refractivity contribution in [3.63, 3.8) is 0 Å². The molecule has 0 amide bonds. The van der Waals surface area contributed by atoms with E-state index in [4.69, 9.17) is 4.74 Å². The molecule has 2 heterocycles. The van der Waals surface area contributed by atoms with E-state index in [-0.39, 0.29) is 24.1 Å². The molecule has 0 aromatic carbocycles. The molecule has 1 aliphatic heterocycles. The molecule has 1 aromatic rings.